The Morgan fingerprint density at radius 3 is 2.08 bits per heavy atom. The van der Waals surface area contributed by atoms with Crippen molar-refractivity contribution in [1.82, 2.24) is 0 Å². The van der Waals surface area contributed by atoms with Gasteiger partial charge in [0.15, 0.2) is 0 Å². The van der Waals surface area contributed by atoms with Crippen LogP contribution < -0.4 is 0 Å². The summed E-state index contributed by atoms with van der Waals surface area (Å²) < 4.78 is 5.05. The van der Waals surface area contributed by atoms with Crippen LogP contribution in [0.3, 0.4) is 0 Å². The van der Waals surface area contributed by atoms with Crippen LogP contribution in [0, 0.1) is 11.8 Å². The van der Waals surface area contributed by atoms with E-state index in [-0.39, 0.29) is 0 Å². The van der Waals surface area contributed by atoms with E-state index >= 15 is 0 Å². The molecular formula is C11H24O. The van der Waals surface area contributed by atoms with Crippen molar-refractivity contribution in [3.8, 4) is 0 Å². The van der Waals surface area contributed by atoms with Gasteiger partial charge in [-0.3, -0.25) is 0 Å². The van der Waals surface area contributed by atoms with E-state index in [0.29, 0.717) is 0 Å². The van der Waals surface area contributed by atoms with E-state index in [0.717, 1.165) is 18.4 Å². The number of rotatable bonds is 7. The SMILES string of the molecule is CCC(C)CCC(C)CCOC. The highest BCUT2D eigenvalue weighted by Crippen LogP contribution is 2.16. The highest BCUT2D eigenvalue weighted by molar-refractivity contribution is 4.56. The van der Waals surface area contributed by atoms with Crippen molar-refractivity contribution in [2.45, 2.75) is 46.5 Å². The van der Waals surface area contributed by atoms with Crippen molar-refractivity contribution in [3.05, 3.63) is 0 Å². The van der Waals surface area contributed by atoms with Gasteiger partial charge in [-0.1, -0.05) is 40.0 Å². The van der Waals surface area contributed by atoms with Gasteiger partial charge in [0.1, 0.15) is 0 Å². The van der Waals surface area contributed by atoms with Gasteiger partial charge in [0.05, 0.1) is 0 Å². The smallest absolute Gasteiger partial charge is 0.0464 e. The predicted molar refractivity (Wildman–Crippen MR) is 54.3 cm³/mol. The largest absolute Gasteiger partial charge is 0.385 e. The molecule has 0 aliphatic rings. The van der Waals surface area contributed by atoms with Gasteiger partial charge in [0, 0.05) is 13.7 Å². The van der Waals surface area contributed by atoms with E-state index in [9.17, 15) is 0 Å². The monoisotopic (exact) mass is 172 g/mol. The fourth-order valence-electron chi connectivity index (χ4n) is 1.24. The van der Waals surface area contributed by atoms with E-state index < -0.39 is 0 Å². The molecule has 0 aliphatic carbocycles. The predicted octanol–water partition coefficient (Wildman–Crippen LogP) is 3.49. The normalized spacial score (nSPS) is 16.0. The molecule has 2 atom stereocenters. The molecule has 1 heteroatoms. The lowest BCUT2D eigenvalue weighted by Crippen LogP contribution is -2.02. The molecule has 74 valence electrons. The van der Waals surface area contributed by atoms with Crippen molar-refractivity contribution < 1.29 is 4.74 Å². The molecule has 0 aliphatic heterocycles. The van der Waals surface area contributed by atoms with Crippen molar-refractivity contribution in [2.24, 2.45) is 11.8 Å². The molecule has 0 radical (unpaired) electrons. The van der Waals surface area contributed by atoms with E-state index in [4.69, 9.17) is 4.74 Å². The van der Waals surface area contributed by atoms with Crippen molar-refractivity contribution in [3.63, 3.8) is 0 Å². The zero-order valence-corrected chi connectivity index (χ0v) is 9.10. The Balaban J connectivity index is 3.24. The standard InChI is InChI=1S/C11H24O/c1-5-10(2)6-7-11(3)8-9-12-4/h10-11H,5-9H2,1-4H3. The van der Waals surface area contributed by atoms with Crippen LogP contribution >= 0.6 is 0 Å². The molecule has 1 nitrogen and oxygen atoms in total. The maximum Gasteiger partial charge on any atom is 0.0464 e. The minimum absolute atomic E-state index is 0.832. The summed E-state index contributed by atoms with van der Waals surface area (Å²) in [5.41, 5.74) is 0. The average Bonchev–Trinajstić information content (AvgIpc) is 2.10. The topological polar surface area (TPSA) is 9.23 Å². The Morgan fingerprint density at radius 1 is 1.00 bits per heavy atom. The van der Waals surface area contributed by atoms with E-state index in [2.05, 4.69) is 20.8 Å². The summed E-state index contributed by atoms with van der Waals surface area (Å²) in [7, 11) is 1.78. The van der Waals surface area contributed by atoms with Crippen LogP contribution in [0.1, 0.15) is 46.5 Å². The number of ether oxygens (including phenoxy) is 1. The third-order valence-electron chi connectivity index (χ3n) is 2.66. The van der Waals surface area contributed by atoms with Gasteiger partial charge in [-0.15, -0.1) is 0 Å². The molecule has 0 aromatic heterocycles. The van der Waals surface area contributed by atoms with Crippen LogP contribution in [0.5, 0.6) is 0 Å². The zero-order valence-electron chi connectivity index (χ0n) is 9.10. The minimum Gasteiger partial charge on any atom is -0.385 e. The van der Waals surface area contributed by atoms with Gasteiger partial charge in [0.25, 0.3) is 0 Å². The summed E-state index contributed by atoms with van der Waals surface area (Å²) in [6, 6.07) is 0. The lowest BCUT2D eigenvalue weighted by molar-refractivity contribution is 0.176. The lowest BCUT2D eigenvalue weighted by atomic mass is 9.95. The van der Waals surface area contributed by atoms with Gasteiger partial charge in [-0.25, -0.2) is 0 Å². The van der Waals surface area contributed by atoms with Crippen LogP contribution in [-0.4, -0.2) is 13.7 Å². The molecule has 12 heavy (non-hydrogen) atoms. The van der Waals surface area contributed by atoms with Crippen LogP contribution in [0.25, 0.3) is 0 Å². The van der Waals surface area contributed by atoms with E-state index in [1.54, 1.807) is 7.11 Å². The van der Waals surface area contributed by atoms with Crippen molar-refractivity contribution in [1.29, 1.82) is 0 Å². The molecular weight excluding hydrogens is 148 g/mol. The molecule has 0 aromatic carbocycles. The molecule has 0 N–H and O–H groups in total. The summed E-state index contributed by atoms with van der Waals surface area (Å²) in [6.45, 7) is 7.84. The lowest BCUT2D eigenvalue weighted by Gasteiger charge is -2.13. The van der Waals surface area contributed by atoms with Crippen LogP contribution in [-0.2, 0) is 4.74 Å². The quantitative estimate of drug-likeness (QED) is 0.571. The molecule has 0 fully saturated rings. The van der Waals surface area contributed by atoms with E-state index in [1.165, 1.54) is 25.7 Å². The first-order valence-electron chi connectivity index (χ1n) is 5.19. The number of methoxy groups -OCH3 is 1. The molecule has 0 spiro atoms. The highest BCUT2D eigenvalue weighted by Gasteiger charge is 2.04. The van der Waals surface area contributed by atoms with Gasteiger partial charge in [0.2, 0.25) is 0 Å². The fraction of sp³-hybridized carbons (Fsp3) is 1.00. The minimum atomic E-state index is 0.832. The summed E-state index contributed by atoms with van der Waals surface area (Å²) in [5.74, 6) is 1.73. The van der Waals surface area contributed by atoms with Gasteiger partial charge < -0.3 is 4.74 Å². The number of hydrogen-bond acceptors (Lipinski definition) is 1. The highest BCUT2D eigenvalue weighted by atomic mass is 16.5. The fourth-order valence-corrected chi connectivity index (χ4v) is 1.24. The van der Waals surface area contributed by atoms with Gasteiger partial charge >= 0.3 is 0 Å². The number of hydrogen-bond donors (Lipinski definition) is 0. The maximum absolute atomic E-state index is 5.05. The Kier molecular flexibility index (Phi) is 7.58. The summed E-state index contributed by atoms with van der Waals surface area (Å²) in [5, 5.41) is 0. The van der Waals surface area contributed by atoms with Crippen LogP contribution in [0.15, 0.2) is 0 Å². The molecule has 0 aromatic rings. The van der Waals surface area contributed by atoms with Crippen LogP contribution in [0.4, 0.5) is 0 Å². The third-order valence-corrected chi connectivity index (χ3v) is 2.66. The second-order valence-electron chi connectivity index (χ2n) is 3.98. The molecule has 0 rings (SSSR count). The third kappa shape index (κ3) is 6.66. The summed E-state index contributed by atoms with van der Waals surface area (Å²) >= 11 is 0. The zero-order chi connectivity index (χ0) is 9.40. The first kappa shape index (κ1) is 12.0. The maximum atomic E-state index is 5.05. The second kappa shape index (κ2) is 7.60. The first-order valence-corrected chi connectivity index (χ1v) is 5.19. The summed E-state index contributed by atoms with van der Waals surface area (Å²) in [4.78, 5) is 0. The molecule has 0 amide bonds. The first-order chi connectivity index (χ1) is 5.70. The van der Waals surface area contributed by atoms with E-state index in [1.807, 2.05) is 0 Å². The average molecular weight is 172 g/mol. The molecule has 0 saturated carbocycles. The Bertz CT molecular complexity index is 91.0. The summed E-state index contributed by atoms with van der Waals surface area (Å²) in [6.07, 6.45) is 5.27. The second-order valence-corrected chi connectivity index (χ2v) is 3.98. The van der Waals surface area contributed by atoms with Gasteiger partial charge in [-0.2, -0.15) is 0 Å². The van der Waals surface area contributed by atoms with Crippen molar-refractivity contribution >= 4 is 0 Å². The Hall–Kier alpha value is -0.0400. The Labute approximate surface area is 77.5 Å². The molecule has 2 unspecified atom stereocenters. The molecule has 0 saturated heterocycles. The van der Waals surface area contributed by atoms with Crippen molar-refractivity contribution in [2.75, 3.05) is 13.7 Å². The van der Waals surface area contributed by atoms with Crippen LogP contribution in [0.2, 0.25) is 0 Å². The Morgan fingerprint density at radius 2 is 1.58 bits per heavy atom. The molecule has 0 bridgehead atoms. The molecule has 0 heterocycles. The van der Waals surface area contributed by atoms with Gasteiger partial charge in [-0.05, 0) is 18.3 Å².